The second-order valence-corrected chi connectivity index (χ2v) is 7.58. The number of fused-ring (bicyclic) bond motifs is 1. The van der Waals surface area contributed by atoms with Crippen molar-refractivity contribution in [2.24, 2.45) is 5.92 Å². The van der Waals surface area contributed by atoms with E-state index in [1.165, 1.54) is 26.0 Å². The molecular weight excluding hydrogens is 302 g/mol. The van der Waals surface area contributed by atoms with Gasteiger partial charge in [0.05, 0.1) is 13.0 Å². The number of carbonyl (C=O) groups excluding carboxylic acids is 1. The van der Waals surface area contributed by atoms with Crippen LogP contribution in [0.15, 0.2) is 12.1 Å². The molecule has 5 heteroatoms. The Kier molecular flexibility index (Phi) is 4.69. The van der Waals surface area contributed by atoms with Crippen molar-refractivity contribution in [2.75, 3.05) is 6.61 Å². The van der Waals surface area contributed by atoms with Crippen molar-refractivity contribution in [3.05, 3.63) is 29.1 Å². The largest absolute Gasteiger partial charge is 0.493 e. The summed E-state index contributed by atoms with van der Waals surface area (Å²) in [7, 11) is 0. The summed E-state index contributed by atoms with van der Waals surface area (Å²) in [6, 6.07) is 2.59. The van der Waals surface area contributed by atoms with Crippen LogP contribution in [0.1, 0.15) is 45.7 Å². The van der Waals surface area contributed by atoms with Crippen LogP contribution in [-0.4, -0.2) is 23.8 Å². The summed E-state index contributed by atoms with van der Waals surface area (Å²) in [5.41, 5.74) is -0.817. The SMILES string of the molecule is CC(C)(C)OC(=O)Cc1cc(F)cc2c1CC(C(C)(C)F)CO2. The van der Waals surface area contributed by atoms with Crippen LogP contribution in [0.3, 0.4) is 0 Å². The molecule has 0 aliphatic carbocycles. The molecule has 3 nitrogen and oxygen atoms in total. The van der Waals surface area contributed by atoms with Gasteiger partial charge in [0, 0.05) is 12.0 Å². The highest BCUT2D eigenvalue weighted by molar-refractivity contribution is 5.74. The number of esters is 1. The number of hydrogen-bond acceptors (Lipinski definition) is 3. The van der Waals surface area contributed by atoms with E-state index in [9.17, 15) is 13.6 Å². The molecule has 1 aliphatic rings. The molecule has 1 aromatic carbocycles. The summed E-state index contributed by atoms with van der Waals surface area (Å²) < 4.78 is 38.8. The van der Waals surface area contributed by atoms with E-state index in [1.807, 2.05) is 0 Å². The molecule has 0 saturated heterocycles. The lowest BCUT2D eigenvalue weighted by Crippen LogP contribution is -2.36. The maximum Gasteiger partial charge on any atom is 0.310 e. The first kappa shape index (κ1) is 17.7. The Morgan fingerprint density at radius 1 is 1.30 bits per heavy atom. The van der Waals surface area contributed by atoms with E-state index in [4.69, 9.17) is 9.47 Å². The van der Waals surface area contributed by atoms with Gasteiger partial charge < -0.3 is 9.47 Å². The smallest absolute Gasteiger partial charge is 0.310 e. The first-order chi connectivity index (χ1) is 10.5. The molecule has 1 unspecified atom stereocenters. The number of carbonyl (C=O) groups is 1. The molecule has 0 bridgehead atoms. The molecule has 23 heavy (non-hydrogen) atoms. The van der Waals surface area contributed by atoms with E-state index >= 15 is 0 Å². The third kappa shape index (κ3) is 4.66. The molecule has 1 aliphatic heterocycles. The number of alkyl halides is 1. The van der Waals surface area contributed by atoms with Gasteiger partial charge in [-0.25, -0.2) is 8.78 Å². The summed E-state index contributed by atoms with van der Waals surface area (Å²) in [6.45, 7) is 8.53. The van der Waals surface area contributed by atoms with Crippen molar-refractivity contribution in [3.8, 4) is 5.75 Å². The van der Waals surface area contributed by atoms with Crippen LogP contribution >= 0.6 is 0 Å². The minimum atomic E-state index is -1.41. The number of halogens is 2. The lowest BCUT2D eigenvalue weighted by Gasteiger charge is -2.33. The minimum Gasteiger partial charge on any atom is -0.493 e. The topological polar surface area (TPSA) is 35.5 Å². The van der Waals surface area contributed by atoms with Gasteiger partial charge in [-0.15, -0.1) is 0 Å². The van der Waals surface area contributed by atoms with Gasteiger partial charge in [-0.3, -0.25) is 4.79 Å². The zero-order chi connectivity index (χ0) is 17.4. The second-order valence-electron chi connectivity index (χ2n) is 7.58. The standard InChI is InChI=1S/C18H24F2O3/c1-17(2,3)23-16(21)7-11-6-13(19)9-15-14(11)8-12(10-22-15)18(4,5)20/h6,9,12H,7-8,10H2,1-5H3. The van der Waals surface area contributed by atoms with E-state index in [0.29, 0.717) is 23.3 Å². The zero-order valence-corrected chi connectivity index (χ0v) is 14.3. The van der Waals surface area contributed by atoms with Crippen molar-refractivity contribution in [1.29, 1.82) is 0 Å². The molecule has 0 aromatic heterocycles. The minimum absolute atomic E-state index is 0.0554. The van der Waals surface area contributed by atoms with Gasteiger partial charge in [0.1, 0.15) is 22.8 Å². The van der Waals surface area contributed by atoms with Gasteiger partial charge >= 0.3 is 5.97 Å². The van der Waals surface area contributed by atoms with Crippen LogP contribution in [0, 0.1) is 11.7 Å². The molecule has 0 N–H and O–H groups in total. The fraction of sp³-hybridized carbons (Fsp3) is 0.611. The maximum absolute atomic E-state index is 14.2. The average molecular weight is 326 g/mol. The molecule has 1 heterocycles. The van der Waals surface area contributed by atoms with Crippen molar-refractivity contribution in [1.82, 2.24) is 0 Å². The van der Waals surface area contributed by atoms with Gasteiger partial charge in [0.15, 0.2) is 0 Å². The zero-order valence-electron chi connectivity index (χ0n) is 14.3. The Hall–Kier alpha value is -1.65. The fourth-order valence-electron chi connectivity index (χ4n) is 2.65. The number of benzene rings is 1. The van der Waals surface area contributed by atoms with E-state index in [2.05, 4.69) is 0 Å². The van der Waals surface area contributed by atoms with Crippen LogP contribution < -0.4 is 4.74 Å². The molecule has 0 amide bonds. The Labute approximate surface area is 136 Å². The van der Waals surface area contributed by atoms with Crippen LogP contribution in [0.25, 0.3) is 0 Å². The third-order valence-electron chi connectivity index (χ3n) is 3.88. The molecular formula is C18H24F2O3. The summed E-state index contributed by atoms with van der Waals surface area (Å²) in [6.07, 6.45) is 0.359. The second kappa shape index (κ2) is 6.10. The number of ether oxygens (including phenoxy) is 2. The molecule has 0 radical (unpaired) electrons. The highest BCUT2D eigenvalue weighted by Gasteiger charge is 2.35. The van der Waals surface area contributed by atoms with Crippen LogP contribution in [0.5, 0.6) is 5.75 Å². The summed E-state index contributed by atoms with van der Waals surface area (Å²) in [4.78, 5) is 12.0. The monoisotopic (exact) mass is 326 g/mol. The fourth-order valence-corrected chi connectivity index (χ4v) is 2.65. The number of hydrogen-bond donors (Lipinski definition) is 0. The summed E-state index contributed by atoms with van der Waals surface area (Å²) in [5, 5.41) is 0. The van der Waals surface area contributed by atoms with Gasteiger partial charge in [0.25, 0.3) is 0 Å². The van der Waals surface area contributed by atoms with Gasteiger partial charge in [0.2, 0.25) is 0 Å². The summed E-state index contributed by atoms with van der Waals surface area (Å²) >= 11 is 0. The first-order valence-corrected chi connectivity index (χ1v) is 7.80. The van der Waals surface area contributed by atoms with E-state index < -0.39 is 23.1 Å². The summed E-state index contributed by atoms with van der Waals surface area (Å²) in [5.74, 6) is -0.853. The molecule has 0 saturated carbocycles. The van der Waals surface area contributed by atoms with Crippen LogP contribution in [0.2, 0.25) is 0 Å². The normalized spacial score (nSPS) is 18.1. The molecule has 128 valence electrons. The molecule has 0 fully saturated rings. The van der Waals surface area contributed by atoms with E-state index in [0.717, 1.165) is 0 Å². The Balaban J connectivity index is 2.27. The van der Waals surface area contributed by atoms with E-state index in [1.54, 1.807) is 20.8 Å². The van der Waals surface area contributed by atoms with Crippen molar-refractivity contribution >= 4 is 5.97 Å². The highest BCUT2D eigenvalue weighted by atomic mass is 19.1. The van der Waals surface area contributed by atoms with Gasteiger partial charge in [-0.2, -0.15) is 0 Å². The van der Waals surface area contributed by atoms with Gasteiger partial charge in [-0.1, -0.05) is 0 Å². The molecule has 1 atom stereocenters. The third-order valence-corrected chi connectivity index (χ3v) is 3.88. The molecule has 2 rings (SSSR count). The van der Waals surface area contributed by atoms with Crippen molar-refractivity contribution in [3.63, 3.8) is 0 Å². The highest BCUT2D eigenvalue weighted by Crippen LogP contribution is 2.36. The predicted octanol–water partition coefficient (Wildman–Crippen LogP) is 4.01. The quantitative estimate of drug-likeness (QED) is 0.787. The Morgan fingerprint density at radius 3 is 2.52 bits per heavy atom. The maximum atomic E-state index is 14.2. The van der Waals surface area contributed by atoms with Crippen molar-refractivity contribution < 1.29 is 23.0 Å². The lowest BCUT2D eigenvalue weighted by molar-refractivity contribution is -0.153. The van der Waals surface area contributed by atoms with Gasteiger partial charge in [-0.05, 0) is 58.2 Å². The molecule has 0 spiro atoms. The molecule has 1 aromatic rings. The number of rotatable bonds is 3. The predicted molar refractivity (Wildman–Crippen MR) is 83.8 cm³/mol. The average Bonchev–Trinajstić information content (AvgIpc) is 2.34. The lowest BCUT2D eigenvalue weighted by atomic mass is 9.83. The van der Waals surface area contributed by atoms with E-state index in [-0.39, 0.29) is 18.9 Å². The van der Waals surface area contributed by atoms with Crippen molar-refractivity contribution in [2.45, 2.75) is 58.7 Å². The van der Waals surface area contributed by atoms with Crippen LogP contribution in [0.4, 0.5) is 8.78 Å². The van der Waals surface area contributed by atoms with Crippen LogP contribution in [-0.2, 0) is 22.4 Å². The Bertz CT molecular complexity index is 598. The Morgan fingerprint density at radius 2 is 1.96 bits per heavy atom. The first-order valence-electron chi connectivity index (χ1n) is 7.80.